The standard InChI is InChI=1S/C13H23BrN2O3S/c1-5-9(3)10(4)16-20(17,18)12-7-11(8-15-6-2)19-13(12)14/h7,9-10,15-16H,5-6,8H2,1-4H3. The first kappa shape index (κ1) is 17.7. The van der Waals surface area contributed by atoms with Crippen molar-refractivity contribution in [3.05, 3.63) is 16.5 Å². The molecule has 0 aliphatic heterocycles. The highest BCUT2D eigenvalue weighted by atomic mass is 79.9. The lowest BCUT2D eigenvalue weighted by Gasteiger charge is -2.19. The van der Waals surface area contributed by atoms with E-state index in [1.165, 1.54) is 0 Å². The molecule has 0 aliphatic rings. The van der Waals surface area contributed by atoms with Crippen LogP contribution in [-0.4, -0.2) is 21.0 Å². The molecule has 7 heteroatoms. The summed E-state index contributed by atoms with van der Waals surface area (Å²) in [5, 5.41) is 3.09. The largest absolute Gasteiger partial charge is 0.452 e. The van der Waals surface area contributed by atoms with Gasteiger partial charge in [-0.05, 0) is 35.3 Å². The van der Waals surface area contributed by atoms with E-state index < -0.39 is 10.0 Å². The first-order chi connectivity index (χ1) is 9.31. The highest BCUT2D eigenvalue weighted by molar-refractivity contribution is 9.10. The fourth-order valence-corrected chi connectivity index (χ4v) is 4.04. The summed E-state index contributed by atoms with van der Waals surface area (Å²) >= 11 is 3.18. The molecule has 2 N–H and O–H groups in total. The van der Waals surface area contributed by atoms with Gasteiger partial charge in [-0.1, -0.05) is 27.2 Å². The van der Waals surface area contributed by atoms with Crippen LogP contribution in [0.15, 0.2) is 20.0 Å². The molecule has 2 atom stereocenters. The minimum atomic E-state index is -3.57. The molecule has 116 valence electrons. The van der Waals surface area contributed by atoms with Gasteiger partial charge in [0.15, 0.2) is 4.67 Å². The molecule has 2 unspecified atom stereocenters. The van der Waals surface area contributed by atoms with Gasteiger partial charge in [-0.2, -0.15) is 0 Å². The van der Waals surface area contributed by atoms with E-state index in [9.17, 15) is 8.42 Å². The zero-order chi connectivity index (χ0) is 15.3. The summed E-state index contributed by atoms with van der Waals surface area (Å²) in [5.74, 6) is 0.868. The summed E-state index contributed by atoms with van der Waals surface area (Å²) in [4.78, 5) is 0.153. The third-order valence-corrected chi connectivity index (χ3v) is 5.80. The van der Waals surface area contributed by atoms with Crippen LogP contribution in [0.5, 0.6) is 0 Å². The van der Waals surface area contributed by atoms with Crippen molar-refractivity contribution in [3.8, 4) is 0 Å². The van der Waals surface area contributed by atoms with Gasteiger partial charge in [0.25, 0.3) is 0 Å². The summed E-state index contributed by atoms with van der Waals surface area (Å²) in [6.45, 7) is 9.21. The number of furan rings is 1. The lowest BCUT2D eigenvalue weighted by atomic mass is 10.0. The summed E-state index contributed by atoms with van der Waals surface area (Å²) in [5.41, 5.74) is 0. The first-order valence-electron chi connectivity index (χ1n) is 6.83. The fourth-order valence-electron chi connectivity index (χ4n) is 1.69. The third kappa shape index (κ3) is 4.58. The third-order valence-electron chi connectivity index (χ3n) is 3.38. The lowest BCUT2D eigenvalue weighted by Crippen LogP contribution is -2.36. The van der Waals surface area contributed by atoms with Gasteiger partial charge in [-0.25, -0.2) is 13.1 Å². The quantitative estimate of drug-likeness (QED) is 0.741. The van der Waals surface area contributed by atoms with Crippen molar-refractivity contribution in [2.75, 3.05) is 6.54 Å². The number of nitrogens with one attached hydrogen (secondary N) is 2. The van der Waals surface area contributed by atoms with Crippen molar-refractivity contribution in [3.63, 3.8) is 0 Å². The minimum Gasteiger partial charge on any atom is -0.452 e. The Labute approximate surface area is 129 Å². The maximum absolute atomic E-state index is 12.3. The van der Waals surface area contributed by atoms with Crippen molar-refractivity contribution in [2.24, 2.45) is 5.92 Å². The van der Waals surface area contributed by atoms with E-state index in [1.807, 2.05) is 27.7 Å². The second-order valence-corrected chi connectivity index (χ2v) is 7.33. The number of hydrogen-bond donors (Lipinski definition) is 2. The predicted octanol–water partition coefficient (Wildman–Crippen LogP) is 2.86. The van der Waals surface area contributed by atoms with Gasteiger partial charge in [0.1, 0.15) is 10.7 Å². The van der Waals surface area contributed by atoms with Crippen molar-refractivity contribution in [1.82, 2.24) is 10.0 Å². The summed E-state index contributed by atoms with van der Waals surface area (Å²) < 4.78 is 33.0. The van der Waals surface area contributed by atoms with Crippen LogP contribution in [0.3, 0.4) is 0 Å². The van der Waals surface area contributed by atoms with Crippen molar-refractivity contribution < 1.29 is 12.8 Å². The Kier molecular flexibility index (Phi) is 6.71. The second kappa shape index (κ2) is 7.59. The van der Waals surface area contributed by atoms with Gasteiger partial charge < -0.3 is 9.73 Å². The Hall–Kier alpha value is -0.370. The Morgan fingerprint density at radius 3 is 2.55 bits per heavy atom. The highest BCUT2D eigenvalue weighted by Crippen LogP contribution is 2.26. The molecule has 0 radical (unpaired) electrons. The average Bonchev–Trinajstić information content (AvgIpc) is 2.76. The monoisotopic (exact) mass is 366 g/mol. The first-order valence-corrected chi connectivity index (χ1v) is 9.10. The molecule has 1 aromatic rings. The van der Waals surface area contributed by atoms with Gasteiger partial charge >= 0.3 is 0 Å². The molecule has 0 bridgehead atoms. The van der Waals surface area contributed by atoms with E-state index in [1.54, 1.807) is 6.07 Å². The van der Waals surface area contributed by atoms with Gasteiger partial charge in [0.05, 0.1) is 6.54 Å². The molecule has 0 aliphatic carbocycles. The number of rotatable bonds is 8. The molecule has 0 saturated carbocycles. The van der Waals surface area contributed by atoms with Crippen molar-refractivity contribution in [1.29, 1.82) is 0 Å². The number of hydrogen-bond acceptors (Lipinski definition) is 4. The smallest absolute Gasteiger partial charge is 0.245 e. The van der Waals surface area contributed by atoms with E-state index in [-0.39, 0.29) is 21.5 Å². The highest BCUT2D eigenvalue weighted by Gasteiger charge is 2.25. The van der Waals surface area contributed by atoms with Crippen LogP contribution in [0.25, 0.3) is 0 Å². The summed E-state index contributed by atoms with van der Waals surface area (Å²) in [6.07, 6.45) is 0.919. The zero-order valence-electron chi connectivity index (χ0n) is 12.4. The molecule has 1 heterocycles. The van der Waals surface area contributed by atoms with Crippen LogP contribution >= 0.6 is 15.9 Å². The maximum Gasteiger partial charge on any atom is 0.245 e. The molecule has 0 aromatic carbocycles. The van der Waals surface area contributed by atoms with Gasteiger partial charge in [0, 0.05) is 12.1 Å². The van der Waals surface area contributed by atoms with Gasteiger partial charge in [-0.15, -0.1) is 0 Å². The van der Waals surface area contributed by atoms with Crippen LogP contribution < -0.4 is 10.0 Å². The van der Waals surface area contributed by atoms with Crippen LogP contribution in [-0.2, 0) is 16.6 Å². The summed E-state index contributed by atoms with van der Waals surface area (Å²) in [6, 6.07) is 1.43. The Balaban J connectivity index is 2.89. The number of halogens is 1. The van der Waals surface area contributed by atoms with E-state index >= 15 is 0 Å². The SMILES string of the molecule is CCNCc1cc(S(=O)(=O)NC(C)C(C)CC)c(Br)o1. The normalized spacial score (nSPS) is 15.2. The molecule has 1 rings (SSSR count). The molecule has 5 nitrogen and oxygen atoms in total. The Morgan fingerprint density at radius 2 is 2.00 bits per heavy atom. The van der Waals surface area contributed by atoms with E-state index in [4.69, 9.17) is 4.42 Å². The van der Waals surface area contributed by atoms with Crippen molar-refractivity contribution >= 4 is 26.0 Å². The molecule has 20 heavy (non-hydrogen) atoms. The molecule has 0 saturated heterocycles. The summed E-state index contributed by atoms with van der Waals surface area (Å²) in [7, 11) is -3.57. The molecule has 0 fully saturated rings. The zero-order valence-corrected chi connectivity index (χ0v) is 14.8. The molecular weight excluding hydrogens is 344 g/mol. The van der Waals surface area contributed by atoms with Gasteiger partial charge in [-0.3, -0.25) is 0 Å². The van der Waals surface area contributed by atoms with Crippen LogP contribution in [0.2, 0.25) is 0 Å². The minimum absolute atomic E-state index is 0.121. The number of sulfonamides is 1. The van der Waals surface area contributed by atoms with Crippen LogP contribution in [0, 0.1) is 5.92 Å². The van der Waals surface area contributed by atoms with E-state index in [0.717, 1.165) is 13.0 Å². The topological polar surface area (TPSA) is 71.3 Å². The molecule has 0 amide bonds. The van der Waals surface area contributed by atoms with E-state index in [2.05, 4.69) is 26.0 Å². The van der Waals surface area contributed by atoms with Crippen LogP contribution in [0.1, 0.15) is 39.9 Å². The van der Waals surface area contributed by atoms with Gasteiger partial charge in [0.2, 0.25) is 10.0 Å². The lowest BCUT2D eigenvalue weighted by molar-refractivity contribution is 0.432. The predicted molar refractivity (Wildman–Crippen MR) is 83.0 cm³/mol. The molecule has 1 aromatic heterocycles. The molecule has 0 spiro atoms. The maximum atomic E-state index is 12.3. The Bertz CT molecular complexity index is 528. The molecular formula is C13H23BrN2O3S. The second-order valence-electron chi connectivity index (χ2n) is 4.93. The van der Waals surface area contributed by atoms with E-state index in [0.29, 0.717) is 12.3 Å². The van der Waals surface area contributed by atoms with Crippen molar-refractivity contribution in [2.45, 2.75) is 51.6 Å². The van der Waals surface area contributed by atoms with Crippen LogP contribution in [0.4, 0.5) is 0 Å². The fraction of sp³-hybridized carbons (Fsp3) is 0.692. The Morgan fingerprint density at radius 1 is 1.35 bits per heavy atom. The average molecular weight is 367 g/mol.